The molecule has 0 aliphatic rings. The minimum atomic E-state index is -0.219. The van der Waals surface area contributed by atoms with E-state index in [9.17, 15) is 4.39 Å². The molecule has 0 bridgehead atoms. The van der Waals surface area contributed by atoms with Gasteiger partial charge in [-0.05, 0) is 54.6 Å². The molecule has 0 saturated carbocycles. The van der Waals surface area contributed by atoms with Crippen molar-refractivity contribution in [3.8, 4) is 5.75 Å². The van der Waals surface area contributed by atoms with Crippen LogP contribution in [0.1, 0.15) is 30.4 Å². The second kappa shape index (κ2) is 7.79. The van der Waals surface area contributed by atoms with Crippen molar-refractivity contribution < 1.29 is 9.13 Å². The average Bonchev–Trinajstić information content (AvgIpc) is 2.52. The molecule has 0 aliphatic carbocycles. The molecule has 0 fully saturated rings. The van der Waals surface area contributed by atoms with Gasteiger partial charge in [0.2, 0.25) is 0 Å². The number of benzene rings is 2. The molecule has 2 aromatic carbocycles. The first kappa shape index (κ1) is 15.5. The van der Waals surface area contributed by atoms with Crippen LogP contribution in [0.4, 0.5) is 4.39 Å². The van der Waals surface area contributed by atoms with Crippen LogP contribution >= 0.6 is 0 Å². The van der Waals surface area contributed by atoms with Gasteiger partial charge in [0.05, 0.1) is 6.61 Å². The summed E-state index contributed by atoms with van der Waals surface area (Å²) in [6.07, 6.45) is 1.72. The molecule has 21 heavy (non-hydrogen) atoms. The van der Waals surface area contributed by atoms with E-state index in [2.05, 4.69) is 13.0 Å². The number of rotatable bonds is 7. The molecule has 2 aromatic rings. The van der Waals surface area contributed by atoms with Crippen LogP contribution in [-0.2, 0) is 6.42 Å². The van der Waals surface area contributed by atoms with Crippen LogP contribution in [0.15, 0.2) is 48.5 Å². The zero-order valence-electron chi connectivity index (χ0n) is 12.4. The zero-order valence-corrected chi connectivity index (χ0v) is 12.4. The summed E-state index contributed by atoms with van der Waals surface area (Å²) >= 11 is 0. The highest BCUT2D eigenvalue weighted by Crippen LogP contribution is 2.22. The smallest absolute Gasteiger partial charge is 0.123 e. The molecular weight excluding hydrogens is 265 g/mol. The van der Waals surface area contributed by atoms with Crippen molar-refractivity contribution in [2.24, 2.45) is 5.73 Å². The van der Waals surface area contributed by atoms with Crippen LogP contribution in [0.25, 0.3) is 0 Å². The highest BCUT2D eigenvalue weighted by atomic mass is 19.1. The first-order valence-electron chi connectivity index (χ1n) is 7.40. The van der Waals surface area contributed by atoms with Gasteiger partial charge < -0.3 is 10.5 Å². The van der Waals surface area contributed by atoms with Gasteiger partial charge in [0.25, 0.3) is 0 Å². The predicted molar refractivity (Wildman–Crippen MR) is 84.1 cm³/mol. The Morgan fingerprint density at radius 1 is 1.14 bits per heavy atom. The lowest BCUT2D eigenvalue weighted by molar-refractivity contribution is 0.295. The number of para-hydroxylation sites is 1. The molecule has 2 rings (SSSR count). The Balaban J connectivity index is 1.95. The first-order chi connectivity index (χ1) is 10.2. The lowest BCUT2D eigenvalue weighted by Crippen LogP contribution is -2.16. The monoisotopic (exact) mass is 287 g/mol. The van der Waals surface area contributed by atoms with Crippen LogP contribution < -0.4 is 10.5 Å². The quantitative estimate of drug-likeness (QED) is 0.838. The standard InChI is InChI=1S/C18H22FNO/c1-2-14-6-3-4-9-18(14)21-11-10-16(13-20)15-7-5-8-17(19)12-15/h3-9,12,16H,2,10-11,13,20H2,1H3. The van der Waals surface area contributed by atoms with E-state index in [1.165, 1.54) is 11.6 Å². The van der Waals surface area contributed by atoms with Gasteiger partial charge in [0.1, 0.15) is 11.6 Å². The zero-order chi connectivity index (χ0) is 15.1. The average molecular weight is 287 g/mol. The van der Waals surface area contributed by atoms with Crippen molar-refractivity contribution in [1.29, 1.82) is 0 Å². The fourth-order valence-corrected chi connectivity index (χ4v) is 2.43. The Hall–Kier alpha value is -1.87. The number of aryl methyl sites for hydroxylation is 1. The second-order valence-electron chi connectivity index (χ2n) is 5.09. The normalized spacial score (nSPS) is 12.1. The topological polar surface area (TPSA) is 35.2 Å². The molecular formula is C18H22FNO. The van der Waals surface area contributed by atoms with E-state index in [0.717, 1.165) is 24.2 Å². The van der Waals surface area contributed by atoms with Crippen molar-refractivity contribution in [2.75, 3.05) is 13.2 Å². The lowest BCUT2D eigenvalue weighted by atomic mass is 9.96. The largest absolute Gasteiger partial charge is 0.493 e. The number of hydrogen-bond donors (Lipinski definition) is 1. The van der Waals surface area contributed by atoms with E-state index < -0.39 is 0 Å². The maximum Gasteiger partial charge on any atom is 0.123 e. The molecule has 2 N–H and O–H groups in total. The highest BCUT2D eigenvalue weighted by Gasteiger charge is 2.11. The van der Waals surface area contributed by atoms with E-state index in [1.54, 1.807) is 12.1 Å². The number of hydrogen-bond acceptors (Lipinski definition) is 2. The van der Waals surface area contributed by atoms with Crippen LogP contribution in [0.5, 0.6) is 5.75 Å². The van der Waals surface area contributed by atoms with Crippen molar-refractivity contribution in [3.05, 3.63) is 65.5 Å². The van der Waals surface area contributed by atoms with E-state index in [-0.39, 0.29) is 11.7 Å². The maximum atomic E-state index is 13.3. The molecule has 3 heteroatoms. The fraction of sp³-hybridized carbons (Fsp3) is 0.333. The van der Waals surface area contributed by atoms with Crippen LogP contribution in [0.3, 0.4) is 0 Å². The molecule has 0 spiro atoms. The molecule has 1 unspecified atom stereocenters. The Bertz CT molecular complexity index is 571. The van der Waals surface area contributed by atoms with Gasteiger partial charge in [-0.15, -0.1) is 0 Å². The molecule has 0 aliphatic heterocycles. The third-order valence-corrected chi connectivity index (χ3v) is 3.68. The summed E-state index contributed by atoms with van der Waals surface area (Å²) in [4.78, 5) is 0. The maximum absolute atomic E-state index is 13.3. The van der Waals surface area contributed by atoms with Crippen molar-refractivity contribution in [1.82, 2.24) is 0 Å². The summed E-state index contributed by atoms with van der Waals surface area (Å²) < 4.78 is 19.1. The van der Waals surface area contributed by atoms with Crippen LogP contribution in [0.2, 0.25) is 0 Å². The summed E-state index contributed by atoms with van der Waals surface area (Å²) in [6, 6.07) is 14.7. The van der Waals surface area contributed by atoms with Crippen LogP contribution in [-0.4, -0.2) is 13.2 Å². The molecule has 0 heterocycles. The third kappa shape index (κ3) is 4.30. The summed E-state index contributed by atoms with van der Waals surface area (Å²) in [5.41, 5.74) is 7.95. The Morgan fingerprint density at radius 2 is 1.95 bits per heavy atom. The second-order valence-corrected chi connectivity index (χ2v) is 5.09. The minimum Gasteiger partial charge on any atom is -0.493 e. The highest BCUT2D eigenvalue weighted by molar-refractivity contribution is 5.33. The molecule has 112 valence electrons. The molecule has 0 aromatic heterocycles. The minimum absolute atomic E-state index is 0.120. The molecule has 1 atom stereocenters. The van der Waals surface area contributed by atoms with Crippen molar-refractivity contribution in [3.63, 3.8) is 0 Å². The SMILES string of the molecule is CCc1ccccc1OCCC(CN)c1cccc(F)c1. The van der Waals surface area contributed by atoms with Gasteiger partial charge in [-0.3, -0.25) is 0 Å². The summed E-state index contributed by atoms with van der Waals surface area (Å²) in [7, 11) is 0. The van der Waals surface area contributed by atoms with Crippen molar-refractivity contribution in [2.45, 2.75) is 25.7 Å². The van der Waals surface area contributed by atoms with E-state index >= 15 is 0 Å². The van der Waals surface area contributed by atoms with Crippen molar-refractivity contribution >= 4 is 0 Å². The molecule has 0 saturated heterocycles. The molecule has 0 radical (unpaired) electrons. The first-order valence-corrected chi connectivity index (χ1v) is 7.40. The third-order valence-electron chi connectivity index (χ3n) is 3.68. The summed E-state index contributed by atoms with van der Waals surface area (Å²) in [5.74, 6) is 0.827. The van der Waals surface area contributed by atoms with E-state index in [4.69, 9.17) is 10.5 Å². The van der Waals surface area contributed by atoms with Gasteiger partial charge in [0, 0.05) is 0 Å². The van der Waals surface area contributed by atoms with Gasteiger partial charge in [0.15, 0.2) is 0 Å². The summed E-state index contributed by atoms with van der Waals surface area (Å²) in [5, 5.41) is 0. The predicted octanol–water partition coefficient (Wildman–Crippen LogP) is 3.90. The van der Waals surface area contributed by atoms with Gasteiger partial charge >= 0.3 is 0 Å². The Labute approximate surface area is 125 Å². The lowest BCUT2D eigenvalue weighted by Gasteiger charge is -2.16. The van der Waals surface area contributed by atoms with Gasteiger partial charge in [-0.2, -0.15) is 0 Å². The molecule has 2 nitrogen and oxygen atoms in total. The van der Waals surface area contributed by atoms with E-state index in [1.807, 2.05) is 24.3 Å². The van der Waals surface area contributed by atoms with Crippen LogP contribution in [0, 0.1) is 5.82 Å². The van der Waals surface area contributed by atoms with Gasteiger partial charge in [-0.1, -0.05) is 37.3 Å². The summed E-state index contributed by atoms with van der Waals surface area (Å²) in [6.45, 7) is 3.18. The van der Waals surface area contributed by atoms with Gasteiger partial charge in [-0.25, -0.2) is 4.39 Å². The molecule has 0 amide bonds. The number of halogens is 1. The van der Waals surface area contributed by atoms with E-state index in [0.29, 0.717) is 13.2 Å². The number of nitrogens with two attached hydrogens (primary N) is 1. The number of ether oxygens (including phenoxy) is 1. The Morgan fingerprint density at radius 3 is 2.67 bits per heavy atom. The Kier molecular flexibility index (Phi) is 5.76. The fourth-order valence-electron chi connectivity index (χ4n) is 2.43.